The van der Waals surface area contributed by atoms with Crippen LogP contribution in [0.25, 0.3) is 10.8 Å². The molecule has 0 spiro atoms. The maximum Gasteiger partial charge on any atom is 0.326 e. The molecule has 1 unspecified atom stereocenters. The minimum atomic E-state index is -0.836. The Bertz CT molecular complexity index is 727. The number of carbonyl (C=O) groups is 1. The first-order valence-corrected chi connectivity index (χ1v) is 6.90. The van der Waals surface area contributed by atoms with E-state index in [1.54, 1.807) is 6.20 Å². The van der Waals surface area contributed by atoms with Gasteiger partial charge in [-0.25, -0.2) is 9.78 Å². The SMILES string of the molecule is O=C(O)C(Nc1nccc2cc3c(cc12)OCO3)C1CC1. The van der Waals surface area contributed by atoms with Crippen molar-refractivity contribution >= 4 is 22.6 Å². The van der Waals surface area contributed by atoms with Gasteiger partial charge in [-0.2, -0.15) is 0 Å². The first kappa shape index (κ1) is 12.3. The Balaban J connectivity index is 1.76. The predicted molar refractivity (Wildman–Crippen MR) is 75.6 cm³/mol. The number of aromatic nitrogens is 1. The number of rotatable bonds is 4. The third-order valence-corrected chi connectivity index (χ3v) is 3.91. The van der Waals surface area contributed by atoms with E-state index in [1.165, 1.54) is 0 Å². The summed E-state index contributed by atoms with van der Waals surface area (Å²) in [6, 6.07) is 5.01. The van der Waals surface area contributed by atoms with Crippen LogP contribution in [0, 0.1) is 5.92 Å². The van der Waals surface area contributed by atoms with Crippen LogP contribution in [0.5, 0.6) is 11.5 Å². The van der Waals surface area contributed by atoms with Crippen molar-refractivity contribution < 1.29 is 19.4 Å². The van der Waals surface area contributed by atoms with Gasteiger partial charge in [0.15, 0.2) is 11.5 Å². The molecular formula is C15H14N2O4. The van der Waals surface area contributed by atoms with Crippen LogP contribution in [0.4, 0.5) is 5.82 Å². The van der Waals surface area contributed by atoms with E-state index in [-0.39, 0.29) is 12.7 Å². The van der Waals surface area contributed by atoms with Gasteiger partial charge in [-0.05, 0) is 42.3 Å². The second kappa shape index (κ2) is 4.51. The quantitative estimate of drug-likeness (QED) is 0.897. The summed E-state index contributed by atoms with van der Waals surface area (Å²) < 4.78 is 10.7. The molecule has 1 aromatic heterocycles. The molecule has 1 aliphatic heterocycles. The molecule has 6 heteroatoms. The van der Waals surface area contributed by atoms with Crippen LogP contribution in [0.3, 0.4) is 0 Å². The van der Waals surface area contributed by atoms with Crippen LogP contribution in [0.15, 0.2) is 24.4 Å². The summed E-state index contributed by atoms with van der Waals surface area (Å²) in [6.07, 6.45) is 3.56. The van der Waals surface area contributed by atoms with Crippen LogP contribution < -0.4 is 14.8 Å². The van der Waals surface area contributed by atoms with Gasteiger partial charge in [-0.3, -0.25) is 0 Å². The van der Waals surface area contributed by atoms with E-state index in [0.29, 0.717) is 17.3 Å². The number of pyridine rings is 1. The van der Waals surface area contributed by atoms with E-state index in [2.05, 4.69) is 10.3 Å². The molecule has 2 aromatic rings. The predicted octanol–water partition coefficient (Wildman–Crippen LogP) is 2.24. The second-order valence-corrected chi connectivity index (χ2v) is 5.38. The Labute approximate surface area is 120 Å². The smallest absolute Gasteiger partial charge is 0.326 e. The highest BCUT2D eigenvalue weighted by molar-refractivity contribution is 5.95. The highest BCUT2D eigenvalue weighted by atomic mass is 16.7. The number of anilines is 1. The van der Waals surface area contributed by atoms with Gasteiger partial charge in [0.1, 0.15) is 11.9 Å². The summed E-state index contributed by atoms with van der Waals surface area (Å²) in [5, 5.41) is 14.2. The molecule has 1 saturated carbocycles. The van der Waals surface area contributed by atoms with Crippen molar-refractivity contribution in [2.45, 2.75) is 18.9 Å². The summed E-state index contributed by atoms with van der Waals surface area (Å²) in [5.74, 6) is 1.30. The Morgan fingerprint density at radius 3 is 2.81 bits per heavy atom. The van der Waals surface area contributed by atoms with E-state index in [1.807, 2.05) is 18.2 Å². The Morgan fingerprint density at radius 1 is 1.33 bits per heavy atom. The van der Waals surface area contributed by atoms with Crippen LogP contribution in [0.2, 0.25) is 0 Å². The number of nitrogens with one attached hydrogen (secondary N) is 1. The first-order valence-electron chi connectivity index (χ1n) is 6.90. The van der Waals surface area contributed by atoms with Gasteiger partial charge in [-0.15, -0.1) is 0 Å². The molecule has 1 aliphatic carbocycles. The number of aliphatic carboxylic acids is 1. The normalized spacial score (nSPS) is 17.7. The maximum atomic E-state index is 11.4. The Hall–Kier alpha value is -2.50. The van der Waals surface area contributed by atoms with Crippen molar-refractivity contribution in [3.05, 3.63) is 24.4 Å². The van der Waals surface area contributed by atoms with Crippen molar-refractivity contribution in [2.75, 3.05) is 12.1 Å². The highest BCUT2D eigenvalue weighted by Crippen LogP contribution is 2.39. The summed E-state index contributed by atoms with van der Waals surface area (Å²) in [6.45, 7) is 0.210. The lowest BCUT2D eigenvalue weighted by molar-refractivity contribution is -0.138. The number of carboxylic acid groups (broad SMARTS) is 1. The largest absolute Gasteiger partial charge is 0.480 e. The summed E-state index contributed by atoms with van der Waals surface area (Å²) in [4.78, 5) is 15.7. The molecule has 0 saturated heterocycles. The number of carboxylic acids is 1. The number of fused-ring (bicyclic) bond motifs is 2. The summed E-state index contributed by atoms with van der Waals surface area (Å²) in [7, 11) is 0. The fourth-order valence-corrected chi connectivity index (χ4v) is 2.64. The topological polar surface area (TPSA) is 80.7 Å². The average molecular weight is 286 g/mol. The van der Waals surface area contributed by atoms with Crippen molar-refractivity contribution in [3.63, 3.8) is 0 Å². The number of ether oxygens (including phenoxy) is 2. The summed E-state index contributed by atoms with van der Waals surface area (Å²) in [5.41, 5.74) is 0. The molecular weight excluding hydrogens is 272 g/mol. The third-order valence-electron chi connectivity index (χ3n) is 3.91. The van der Waals surface area contributed by atoms with Gasteiger partial charge in [0, 0.05) is 11.6 Å². The fourth-order valence-electron chi connectivity index (χ4n) is 2.64. The minimum absolute atomic E-state index is 0.188. The lowest BCUT2D eigenvalue weighted by Gasteiger charge is -2.15. The molecule has 0 radical (unpaired) electrons. The van der Waals surface area contributed by atoms with Gasteiger partial charge in [0.2, 0.25) is 6.79 Å². The molecule has 0 bridgehead atoms. The molecule has 6 nitrogen and oxygen atoms in total. The molecule has 1 fully saturated rings. The van der Waals surface area contributed by atoms with Crippen LogP contribution in [0.1, 0.15) is 12.8 Å². The van der Waals surface area contributed by atoms with Gasteiger partial charge >= 0.3 is 5.97 Å². The summed E-state index contributed by atoms with van der Waals surface area (Å²) >= 11 is 0. The zero-order valence-electron chi connectivity index (χ0n) is 11.2. The zero-order valence-corrected chi connectivity index (χ0v) is 11.2. The van der Waals surface area contributed by atoms with Crippen molar-refractivity contribution in [2.24, 2.45) is 5.92 Å². The Kier molecular flexibility index (Phi) is 2.63. The standard InChI is InChI=1S/C15H14N2O4/c18-15(19)13(8-1-2-8)17-14-10-6-12-11(20-7-21-12)5-9(10)3-4-16-14/h3-6,8,13H,1-2,7H2,(H,16,17)(H,18,19). The number of hydrogen-bond acceptors (Lipinski definition) is 5. The molecule has 1 aromatic carbocycles. The molecule has 1 atom stereocenters. The van der Waals surface area contributed by atoms with Gasteiger partial charge < -0.3 is 19.9 Å². The van der Waals surface area contributed by atoms with Crippen molar-refractivity contribution in [3.8, 4) is 11.5 Å². The molecule has 108 valence electrons. The van der Waals surface area contributed by atoms with Crippen LogP contribution in [-0.4, -0.2) is 28.9 Å². The average Bonchev–Trinajstić information content (AvgIpc) is 3.20. The third kappa shape index (κ3) is 2.12. The van der Waals surface area contributed by atoms with E-state index >= 15 is 0 Å². The van der Waals surface area contributed by atoms with E-state index < -0.39 is 12.0 Å². The zero-order chi connectivity index (χ0) is 14.4. The van der Waals surface area contributed by atoms with E-state index in [9.17, 15) is 9.90 Å². The monoisotopic (exact) mass is 286 g/mol. The van der Waals surface area contributed by atoms with Gasteiger partial charge in [0.05, 0.1) is 0 Å². The molecule has 21 heavy (non-hydrogen) atoms. The number of hydrogen-bond donors (Lipinski definition) is 2. The second-order valence-electron chi connectivity index (χ2n) is 5.38. The molecule has 2 aliphatic rings. The number of nitrogens with zero attached hydrogens (tertiary/aromatic N) is 1. The van der Waals surface area contributed by atoms with E-state index in [4.69, 9.17) is 9.47 Å². The van der Waals surface area contributed by atoms with Gasteiger partial charge in [0.25, 0.3) is 0 Å². The number of benzene rings is 1. The van der Waals surface area contributed by atoms with E-state index in [0.717, 1.165) is 23.6 Å². The first-order chi connectivity index (χ1) is 10.2. The highest BCUT2D eigenvalue weighted by Gasteiger charge is 2.36. The molecule has 4 rings (SSSR count). The Morgan fingerprint density at radius 2 is 2.10 bits per heavy atom. The lowest BCUT2D eigenvalue weighted by Crippen LogP contribution is -2.31. The maximum absolute atomic E-state index is 11.4. The van der Waals surface area contributed by atoms with Crippen LogP contribution in [-0.2, 0) is 4.79 Å². The van der Waals surface area contributed by atoms with Crippen molar-refractivity contribution in [1.29, 1.82) is 0 Å². The van der Waals surface area contributed by atoms with Gasteiger partial charge in [-0.1, -0.05) is 0 Å². The minimum Gasteiger partial charge on any atom is -0.480 e. The van der Waals surface area contributed by atoms with Crippen LogP contribution >= 0.6 is 0 Å². The van der Waals surface area contributed by atoms with Crippen molar-refractivity contribution in [1.82, 2.24) is 4.98 Å². The molecule has 0 amide bonds. The molecule has 2 heterocycles. The lowest BCUT2D eigenvalue weighted by atomic mass is 10.1. The fraction of sp³-hybridized carbons (Fsp3) is 0.333. The molecule has 2 N–H and O–H groups in total.